The van der Waals surface area contributed by atoms with Gasteiger partial charge in [-0.3, -0.25) is 18.7 Å². The van der Waals surface area contributed by atoms with Crippen LogP contribution in [0.1, 0.15) is 130 Å². The third-order valence-electron chi connectivity index (χ3n) is 9.45. The first-order valence-corrected chi connectivity index (χ1v) is 19.7. The highest BCUT2D eigenvalue weighted by Gasteiger charge is 2.52. The molecule has 0 bridgehead atoms. The number of alkyl halides is 1. The van der Waals surface area contributed by atoms with Gasteiger partial charge in [-0.1, -0.05) is 97.3 Å². The summed E-state index contributed by atoms with van der Waals surface area (Å²) in [5.41, 5.74) is -1.18. The molecule has 264 valence electrons. The minimum absolute atomic E-state index is 0.175. The summed E-state index contributed by atoms with van der Waals surface area (Å²) in [5, 5.41) is 24.4. The van der Waals surface area contributed by atoms with Crippen molar-refractivity contribution in [1.29, 1.82) is 0 Å². The Hall–Kier alpha value is -0.780. The normalized spacial score (nSPS) is 29.3. The number of hydrogen-bond acceptors (Lipinski definition) is 8. The van der Waals surface area contributed by atoms with Gasteiger partial charge in [0.25, 0.3) is 0 Å². The summed E-state index contributed by atoms with van der Waals surface area (Å²) in [5.74, 6) is -0.310. The number of carbonyl (C=O) groups excluding carboxylic acids is 2. The fraction of sp³-hybridized carbons (Fsp3) is 0.941. The van der Waals surface area contributed by atoms with Gasteiger partial charge < -0.3 is 25.0 Å². The first-order valence-electron chi connectivity index (χ1n) is 17.7. The highest BCUT2D eigenvalue weighted by atomic mass is 35.5. The lowest BCUT2D eigenvalue weighted by atomic mass is 9.92. The maximum absolute atomic E-state index is 13.3. The van der Waals surface area contributed by atoms with Crippen molar-refractivity contribution in [3.05, 3.63) is 0 Å². The smallest absolute Gasteiger partial charge is 0.306 e. The van der Waals surface area contributed by atoms with Crippen LogP contribution in [-0.2, 0) is 29.9 Å². The Morgan fingerprint density at radius 1 is 0.956 bits per heavy atom. The Bertz CT molecular complexity index is 881. The van der Waals surface area contributed by atoms with Crippen molar-refractivity contribution in [3.63, 3.8) is 0 Å². The number of carbonyl (C=O) groups is 2. The molecule has 0 radical (unpaired) electrons. The molecule has 9 nitrogen and oxygen atoms in total. The number of hydrogen-bond donors (Lipinski definition) is 3. The minimum atomic E-state index is -1.66. The second kappa shape index (κ2) is 22.0. The molecule has 2 fully saturated rings. The van der Waals surface area contributed by atoms with E-state index in [2.05, 4.69) is 19.2 Å². The third kappa shape index (κ3) is 13.7. The zero-order valence-corrected chi connectivity index (χ0v) is 30.2. The minimum Gasteiger partial charge on any atom is -0.456 e. The first kappa shape index (κ1) is 40.4. The molecule has 11 heteroatoms. The van der Waals surface area contributed by atoms with Crippen LogP contribution in [0.4, 0.5) is 0 Å². The van der Waals surface area contributed by atoms with Gasteiger partial charge in [-0.2, -0.15) is 0 Å². The van der Waals surface area contributed by atoms with E-state index < -0.39 is 58.0 Å². The molecule has 1 unspecified atom stereocenters. The molecule has 2 aliphatic heterocycles. The van der Waals surface area contributed by atoms with E-state index in [9.17, 15) is 24.0 Å². The number of ether oxygens (including phenoxy) is 2. The molecule has 0 saturated carbocycles. The maximum Gasteiger partial charge on any atom is 0.306 e. The molecule has 1 amide bonds. The van der Waals surface area contributed by atoms with E-state index in [1.54, 1.807) is 6.92 Å². The molecule has 0 aromatic rings. The van der Waals surface area contributed by atoms with E-state index in [0.717, 1.165) is 45.1 Å². The van der Waals surface area contributed by atoms with Crippen molar-refractivity contribution in [1.82, 2.24) is 10.2 Å². The van der Waals surface area contributed by atoms with Crippen molar-refractivity contribution in [3.8, 4) is 0 Å². The molecule has 45 heavy (non-hydrogen) atoms. The maximum atomic E-state index is 13.3. The Labute approximate surface area is 280 Å². The fourth-order valence-corrected chi connectivity index (χ4v) is 7.88. The van der Waals surface area contributed by atoms with Crippen molar-refractivity contribution >= 4 is 34.3 Å². The van der Waals surface area contributed by atoms with Gasteiger partial charge in [-0.25, -0.2) is 0 Å². The monoisotopic (exact) mass is 678 g/mol. The molecule has 2 heterocycles. The molecular formula is C34H63ClN2O7S. The SMILES string of the molecule is CCCCCCCCCCCCCCCC(=O)O[C@@H]1[C@@H](O)[C@@H](O)[C@@H]([C@H](NC(=O)[C@@H]2C[C@@H](CCC)CN2C)[C@H](C)Cl)O[C@H]1S(C)=O. The number of likely N-dealkylation sites (tertiary alicyclic amines) is 1. The predicted molar refractivity (Wildman–Crippen MR) is 182 cm³/mol. The number of unbranched alkanes of at least 4 members (excludes halogenated alkanes) is 12. The van der Waals surface area contributed by atoms with Gasteiger partial charge in [0.1, 0.15) is 18.3 Å². The van der Waals surface area contributed by atoms with Crippen molar-refractivity contribution < 1.29 is 33.5 Å². The summed E-state index contributed by atoms with van der Waals surface area (Å²) in [7, 11) is 0.255. The molecule has 2 aliphatic rings. The van der Waals surface area contributed by atoms with Gasteiger partial charge in [-0.15, -0.1) is 11.6 Å². The summed E-state index contributed by atoms with van der Waals surface area (Å²) in [6.07, 6.45) is 14.5. The number of rotatable bonds is 22. The third-order valence-corrected chi connectivity index (χ3v) is 10.8. The second-order valence-electron chi connectivity index (χ2n) is 13.5. The van der Waals surface area contributed by atoms with Crippen molar-refractivity contribution in [2.24, 2.45) is 5.92 Å². The van der Waals surface area contributed by atoms with Crippen molar-refractivity contribution in [2.75, 3.05) is 19.8 Å². The lowest BCUT2D eigenvalue weighted by Gasteiger charge is -2.45. The largest absolute Gasteiger partial charge is 0.456 e. The number of aliphatic hydroxyl groups is 2. The van der Waals surface area contributed by atoms with Gasteiger partial charge in [0.05, 0.1) is 28.3 Å². The van der Waals surface area contributed by atoms with Crippen molar-refractivity contribution in [2.45, 2.75) is 177 Å². The second-order valence-corrected chi connectivity index (χ2v) is 15.6. The van der Waals surface area contributed by atoms with E-state index >= 15 is 0 Å². The van der Waals surface area contributed by atoms with E-state index in [-0.39, 0.29) is 18.4 Å². The number of likely N-dealkylation sites (N-methyl/N-ethyl adjacent to an activating group) is 1. The van der Waals surface area contributed by atoms with Crippen LogP contribution in [0.25, 0.3) is 0 Å². The highest BCUT2D eigenvalue weighted by Crippen LogP contribution is 2.31. The summed E-state index contributed by atoms with van der Waals surface area (Å²) in [6.45, 7) is 6.87. The molecule has 2 saturated heterocycles. The van der Waals surface area contributed by atoms with E-state index in [4.69, 9.17) is 21.1 Å². The van der Waals surface area contributed by atoms with Gasteiger partial charge >= 0.3 is 5.97 Å². The molecule has 2 rings (SSSR count). The Morgan fingerprint density at radius 3 is 2.02 bits per heavy atom. The lowest BCUT2D eigenvalue weighted by molar-refractivity contribution is -0.219. The number of nitrogens with one attached hydrogen (secondary N) is 1. The summed E-state index contributed by atoms with van der Waals surface area (Å²) in [6, 6.07) is -1.20. The van der Waals surface area contributed by atoms with Crippen LogP contribution < -0.4 is 5.32 Å². The van der Waals surface area contributed by atoms with Crippen LogP contribution in [0, 0.1) is 5.92 Å². The van der Waals surface area contributed by atoms with Gasteiger partial charge in [0, 0.05) is 19.2 Å². The quantitative estimate of drug-likeness (QED) is 0.0786. The lowest BCUT2D eigenvalue weighted by Crippen LogP contribution is -2.66. The predicted octanol–water partition coefficient (Wildman–Crippen LogP) is 5.44. The Kier molecular flexibility index (Phi) is 19.7. The number of amides is 1. The number of aliphatic hydroxyl groups excluding tert-OH is 2. The molecule has 10 atom stereocenters. The summed E-state index contributed by atoms with van der Waals surface area (Å²) >= 11 is 6.49. The van der Waals surface area contributed by atoms with Gasteiger partial charge in [0.15, 0.2) is 11.5 Å². The molecule has 0 aromatic heterocycles. The van der Waals surface area contributed by atoms with Gasteiger partial charge in [-0.05, 0) is 39.2 Å². The van der Waals surface area contributed by atoms with Crippen LogP contribution in [0.2, 0.25) is 0 Å². The fourth-order valence-electron chi connectivity index (χ4n) is 6.80. The number of esters is 1. The molecule has 3 N–H and O–H groups in total. The average molecular weight is 679 g/mol. The van der Waals surface area contributed by atoms with E-state index in [0.29, 0.717) is 12.3 Å². The first-order chi connectivity index (χ1) is 21.5. The molecule has 0 aliphatic carbocycles. The Morgan fingerprint density at radius 2 is 1.51 bits per heavy atom. The van der Waals surface area contributed by atoms with Gasteiger partial charge in [0.2, 0.25) is 5.91 Å². The number of halogens is 1. The zero-order valence-electron chi connectivity index (χ0n) is 28.6. The van der Waals surface area contributed by atoms with Crippen LogP contribution in [0.15, 0.2) is 0 Å². The number of nitrogens with zero attached hydrogens (tertiary/aromatic N) is 1. The Balaban J connectivity index is 1.82. The van der Waals surface area contributed by atoms with Crippen LogP contribution >= 0.6 is 11.6 Å². The summed E-state index contributed by atoms with van der Waals surface area (Å²) in [4.78, 5) is 28.0. The molecule has 0 aromatic carbocycles. The standard InChI is InChI=1S/C34H63ClN2O7S/c1-6-8-9-10-11-12-13-14-15-16-17-18-19-21-27(38)43-32-30(40)29(39)31(44-34(32)45(5)42)28(24(3)35)36-33(41)26-22-25(20-7-2)23-37(26)4/h24-26,28-32,34,39-40H,6-23H2,1-5H3,(H,36,41)/t24-,25+,26-,28+,29+,30-,31+,32+,34-,45?/m0/s1. The zero-order chi connectivity index (χ0) is 33.4. The molecular weight excluding hydrogens is 616 g/mol. The average Bonchev–Trinajstić information content (AvgIpc) is 3.36. The topological polar surface area (TPSA) is 125 Å². The molecule has 0 spiro atoms. The highest BCUT2D eigenvalue weighted by molar-refractivity contribution is 7.84. The van der Waals surface area contributed by atoms with E-state index in [1.807, 2.05) is 11.9 Å². The summed E-state index contributed by atoms with van der Waals surface area (Å²) < 4.78 is 24.3. The van der Waals surface area contributed by atoms with Crippen LogP contribution in [0.3, 0.4) is 0 Å². The van der Waals surface area contributed by atoms with Crippen LogP contribution in [0.5, 0.6) is 0 Å². The van der Waals surface area contributed by atoms with E-state index in [1.165, 1.54) is 64.0 Å². The van der Waals surface area contributed by atoms with Crippen LogP contribution in [-0.4, -0.2) is 98.4 Å².